The van der Waals surface area contributed by atoms with Crippen LogP contribution in [0.3, 0.4) is 0 Å². The molecule has 2 aromatic rings. The van der Waals surface area contributed by atoms with E-state index in [-0.39, 0.29) is 4.90 Å². The summed E-state index contributed by atoms with van der Waals surface area (Å²) in [4.78, 5) is 13.7. The van der Waals surface area contributed by atoms with Gasteiger partial charge >= 0.3 is 0 Å². The minimum atomic E-state index is -4.16. The number of rotatable bonds is 5. The fourth-order valence-corrected chi connectivity index (χ4v) is 2.00. The second-order valence-corrected chi connectivity index (χ2v) is 5.05. The standard InChI is InChI=1S/C24H27NO3/c26-24(22-12-16-27-17-13-22)25-14-10-21(11-15-25)20-6-8-23(9-7-20)28-18-19-4-2-1-3-5-19/h1-10,22H,11-18H2/i1D,2D,3D,4D,5D,6D,7D,8D,9D,10D,11D,12D2,13D2,14D,15D,16D2,17D2,18D2,22D. The fraction of sp³-hybridized carbons (Fsp3) is 0.375. The van der Waals surface area contributed by atoms with Crippen LogP contribution in [0, 0.1) is 5.89 Å². The van der Waals surface area contributed by atoms with Gasteiger partial charge in [-0.1, -0.05) is 48.3 Å². The number of carbonyl (C=O) groups is 1. The van der Waals surface area contributed by atoms with Crippen LogP contribution in [0.25, 0.3) is 5.57 Å². The van der Waals surface area contributed by atoms with Gasteiger partial charge in [-0.3, -0.25) is 4.79 Å². The summed E-state index contributed by atoms with van der Waals surface area (Å²) in [6, 6.07) is -10.8. The van der Waals surface area contributed by atoms with Gasteiger partial charge in [0.25, 0.3) is 0 Å². The summed E-state index contributed by atoms with van der Waals surface area (Å²) in [7, 11) is 0. The van der Waals surface area contributed by atoms with E-state index in [1.807, 2.05) is 0 Å². The first-order valence-electron chi connectivity index (χ1n) is 19.9. The SMILES string of the molecule is [2H]C1=C(c2c([2H])c([2H])c(OC([2H])([2H])c3c([2H])c([2H])c([2H])c([2H])c3[2H])c([2H])c2[2H])C([2H])C([2H])N(C(=O)C2([2H])C([2H])([2H])C([2H])([2H])OC([2H])([2H])C2([2H])[2H])C1[2H]. The van der Waals surface area contributed by atoms with Crippen LogP contribution in [0.2, 0.25) is 0 Å². The van der Waals surface area contributed by atoms with E-state index in [1.165, 1.54) is 0 Å². The second-order valence-electron chi connectivity index (χ2n) is 5.05. The van der Waals surface area contributed by atoms with Crippen LogP contribution in [-0.2, 0) is 16.1 Å². The zero-order valence-corrected chi connectivity index (χ0v) is 13.9. The van der Waals surface area contributed by atoms with Crippen molar-refractivity contribution in [2.24, 2.45) is 5.89 Å². The van der Waals surface area contributed by atoms with Crippen LogP contribution in [0.4, 0.5) is 0 Å². The number of hydrogen-bond acceptors (Lipinski definition) is 3. The Balaban J connectivity index is 1.87. The largest absolute Gasteiger partial charge is 0.489 e. The minimum Gasteiger partial charge on any atom is -0.489 e. The van der Waals surface area contributed by atoms with Gasteiger partial charge in [0, 0.05) is 41.6 Å². The van der Waals surface area contributed by atoms with E-state index >= 15 is 0 Å². The topological polar surface area (TPSA) is 38.8 Å². The first-order chi connectivity index (χ1) is 23.3. The van der Waals surface area contributed by atoms with Crippen molar-refractivity contribution in [3.05, 3.63) is 71.6 Å². The monoisotopic (exact) mass is 401 g/mol. The Morgan fingerprint density at radius 1 is 1.21 bits per heavy atom. The third-order valence-electron chi connectivity index (χ3n) is 3.29. The predicted octanol–water partition coefficient (Wildman–Crippen LogP) is 4.31. The maximum Gasteiger partial charge on any atom is 0.226 e. The first-order valence-corrected chi connectivity index (χ1v) is 7.67. The lowest BCUT2D eigenvalue weighted by Gasteiger charge is -2.31. The summed E-state index contributed by atoms with van der Waals surface area (Å²) in [5.74, 6) is -7.55. The van der Waals surface area contributed by atoms with Crippen molar-refractivity contribution in [3.63, 3.8) is 0 Å². The van der Waals surface area contributed by atoms with Gasteiger partial charge in [0.1, 0.15) is 12.3 Å². The third-order valence-corrected chi connectivity index (χ3v) is 3.29. The normalized spacial score (nSPS) is 47.3. The van der Waals surface area contributed by atoms with E-state index in [9.17, 15) is 4.79 Å². The van der Waals surface area contributed by atoms with Crippen LogP contribution in [-0.4, -0.2) is 37.0 Å². The van der Waals surface area contributed by atoms with Crippen molar-refractivity contribution in [3.8, 4) is 5.75 Å². The molecule has 1 amide bonds. The van der Waals surface area contributed by atoms with Crippen LogP contribution >= 0.6 is 0 Å². The van der Waals surface area contributed by atoms with Crippen molar-refractivity contribution >= 4 is 11.5 Å². The summed E-state index contributed by atoms with van der Waals surface area (Å²) in [5, 5.41) is 0. The third kappa shape index (κ3) is 4.63. The minimum absolute atomic E-state index is 0.147. The van der Waals surface area contributed by atoms with Crippen molar-refractivity contribution < 1.29 is 47.2 Å². The molecule has 0 aliphatic carbocycles. The van der Waals surface area contributed by atoms with Crippen LogP contribution < -0.4 is 4.74 Å². The van der Waals surface area contributed by atoms with Gasteiger partial charge in [-0.2, -0.15) is 0 Å². The lowest BCUT2D eigenvalue weighted by Crippen LogP contribution is -2.40. The lowest BCUT2D eigenvalue weighted by molar-refractivity contribution is -0.138. The quantitative estimate of drug-likeness (QED) is 0.749. The summed E-state index contributed by atoms with van der Waals surface area (Å²) in [5.41, 5.74) is -2.88. The average molecular weight is 402 g/mol. The molecule has 3 unspecified atom stereocenters. The van der Waals surface area contributed by atoms with Crippen LogP contribution in [0.1, 0.15) is 63.2 Å². The highest BCUT2D eigenvalue weighted by molar-refractivity contribution is 5.80. The molecule has 4 rings (SSSR count). The molecular formula is C24H27NO3. The number of nitrogens with zero attached hydrogens (tertiary/aromatic N) is 1. The van der Waals surface area contributed by atoms with Gasteiger partial charge in [0.2, 0.25) is 5.91 Å². The van der Waals surface area contributed by atoms with E-state index in [4.69, 9.17) is 37.6 Å². The molecule has 0 saturated carbocycles. The van der Waals surface area contributed by atoms with E-state index in [1.54, 1.807) is 0 Å². The molecule has 0 bridgehead atoms. The molecule has 0 aromatic heterocycles. The van der Waals surface area contributed by atoms with E-state index < -0.39 is 147 Å². The summed E-state index contributed by atoms with van der Waals surface area (Å²) in [6.45, 7) is -16.2. The maximum atomic E-state index is 13.9. The molecular weight excluding hydrogens is 350 g/mol. The van der Waals surface area contributed by atoms with Gasteiger partial charge < -0.3 is 14.4 Å². The van der Waals surface area contributed by atoms with Crippen LogP contribution in [0.15, 0.2) is 60.4 Å². The van der Waals surface area contributed by atoms with Crippen molar-refractivity contribution in [2.75, 3.05) is 26.2 Å². The fourth-order valence-electron chi connectivity index (χ4n) is 2.00. The number of benzene rings is 2. The first kappa shape index (κ1) is 5.51. The molecule has 0 spiro atoms. The molecule has 1 fully saturated rings. The highest BCUT2D eigenvalue weighted by Gasteiger charge is 2.27. The molecule has 146 valence electrons. The highest BCUT2D eigenvalue weighted by Crippen LogP contribution is 2.26. The van der Waals surface area contributed by atoms with E-state index in [0.29, 0.717) is 0 Å². The Hall–Kier alpha value is -2.59. The molecule has 3 atom stereocenters. The Morgan fingerprint density at radius 3 is 2.71 bits per heavy atom. The van der Waals surface area contributed by atoms with Crippen LogP contribution in [0.5, 0.6) is 5.75 Å². The van der Waals surface area contributed by atoms with Crippen molar-refractivity contribution in [1.29, 1.82) is 0 Å². The van der Waals surface area contributed by atoms with Gasteiger partial charge in [-0.15, -0.1) is 0 Å². The molecule has 4 heteroatoms. The molecule has 2 aliphatic rings. The Bertz CT molecular complexity index is 1810. The summed E-state index contributed by atoms with van der Waals surface area (Å²) in [6.07, 6.45) is -10.4. The Labute approximate surface area is 200 Å². The number of ether oxygens (including phenoxy) is 2. The van der Waals surface area contributed by atoms with Crippen molar-refractivity contribution in [1.82, 2.24) is 4.90 Å². The van der Waals surface area contributed by atoms with Crippen molar-refractivity contribution in [2.45, 2.75) is 25.7 Å². The summed E-state index contributed by atoms with van der Waals surface area (Å²) < 4.78 is 207. The van der Waals surface area contributed by atoms with Gasteiger partial charge in [-0.05, 0) is 47.9 Å². The summed E-state index contributed by atoms with van der Waals surface area (Å²) >= 11 is 0. The van der Waals surface area contributed by atoms with E-state index in [2.05, 4.69) is 4.74 Å². The smallest absolute Gasteiger partial charge is 0.226 e. The van der Waals surface area contributed by atoms with Gasteiger partial charge in [-0.25, -0.2) is 0 Å². The zero-order chi connectivity index (χ0) is 40.4. The molecule has 0 radical (unpaired) electrons. The molecule has 1 saturated heterocycles. The molecule has 28 heavy (non-hydrogen) atoms. The molecule has 2 aliphatic heterocycles. The Kier molecular flexibility index (Phi) is 1.78. The highest BCUT2D eigenvalue weighted by atomic mass is 16.5. The number of carbonyl (C=O) groups excluding carboxylic acids is 1. The molecule has 0 N–H and O–H groups in total. The molecule has 2 heterocycles. The maximum absolute atomic E-state index is 13.9. The Morgan fingerprint density at radius 2 is 1.96 bits per heavy atom. The number of amides is 1. The second kappa shape index (κ2) is 9.07. The predicted molar refractivity (Wildman–Crippen MR) is 110 cm³/mol. The van der Waals surface area contributed by atoms with Gasteiger partial charge in [0.05, 0.1) is 23.3 Å². The van der Waals surface area contributed by atoms with Gasteiger partial charge in [0.15, 0.2) is 0 Å². The molecule has 2 aromatic carbocycles. The number of hydrogen-bond donors (Lipinski definition) is 0. The lowest BCUT2D eigenvalue weighted by atomic mass is 9.95. The van der Waals surface area contributed by atoms with E-state index in [0.717, 1.165) is 0 Å². The molecule has 4 nitrogen and oxygen atoms in total. The average Bonchev–Trinajstić information content (AvgIpc) is 3.02. The zero-order valence-electron chi connectivity index (χ0n) is 37.9.